The van der Waals surface area contributed by atoms with Gasteiger partial charge in [0.2, 0.25) is 0 Å². The van der Waals surface area contributed by atoms with E-state index in [0.717, 1.165) is 26.4 Å². The first kappa shape index (κ1) is 21.5. The molecule has 2 aliphatic carbocycles. The van der Waals surface area contributed by atoms with Crippen molar-refractivity contribution in [2.75, 3.05) is 0 Å². The van der Waals surface area contributed by atoms with E-state index in [2.05, 4.69) is 137 Å². The van der Waals surface area contributed by atoms with E-state index in [1.54, 1.807) is 0 Å². The summed E-state index contributed by atoms with van der Waals surface area (Å²) < 4.78 is 7.57. The molecule has 0 bridgehead atoms. The molecule has 1 unspecified atom stereocenters. The first-order valence-corrected chi connectivity index (χ1v) is 14.1. The van der Waals surface area contributed by atoms with Gasteiger partial charge in [-0.05, 0) is 86.0 Å². The third-order valence-electron chi connectivity index (χ3n) is 8.77. The molecule has 6 aromatic carbocycles. The third-order valence-corrected chi connectivity index (χ3v) is 9.26. The molecule has 1 spiro atoms. The molecule has 0 N–H and O–H groups in total. The number of hydrogen-bond donors (Lipinski definition) is 0. The molecular formula is C37H21BrO. The molecule has 2 heteroatoms. The van der Waals surface area contributed by atoms with Gasteiger partial charge in [0.15, 0.2) is 0 Å². The minimum absolute atomic E-state index is 0.506. The van der Waals surface area contributed by atoms with Crippen LogP contribution in [-0.2, 0) is 5.41 Å². The van der Waals surface area contributed by atoms with Gasteiger partial charge in [-0.3, -0.25) is 0 Å². The Morgan fingerprint density at radius 1 is 0.410 bits per heavy atom. The molecule has 0 aliphatic heterocycles. The van der Waals surface area contributed by atoms with Gasteiger partial charge in [0.25, 0.3) is 0 Å². The summed E-state index contributed by atoms with van der Waals surface area (Å²) in [6.45, 7) is 0. The largest absolute Gasteiger partial charge is 0.456 e. The molecule has 182 valence electrons. The molecule has 0 radical (unpaired) electrons. The molecule has 0 amide bonds. The quantitative estimate of drug-likeness (QED) is 0.180. The van der Waals surface area contributed by atoms with E-state index >= 15 is 0 Å². The van der Waals surface area contributed by atoms with Crippen molar-refractivity contribution < 1.29 is 4.42 Å². The minimum atomic E-state index is -0.506. The van der Waals surface area contributed by atoms with Gasteiger partial charge in [0.05, 0.1) is 5.41 Å². The highest BCUT2D eigenvalue weighted by Crippen LogP contribution is 2.62. The average Bonchev–Trinajstić information content (AvgIpc) is 3.45. The van der Waals surface area contributed by atoms with Gasteiger partial charge in [0.1, 0.15) is 11.2 Å². The van der Waals surface area contributed by atoms with Crippen LogP contribution in [-0.4, -0.2) is 0 Å². The average molecular weight is 561 g/mol. The van der Waals surface area contributed by atoms with Gasteiger partial charge < -0.3 is 4.42 Å². The summed E-state index contributed by atoms with van der Waals surface area (Å²) in [5, 5.41) is 2.32. The SMILES string of the molecule is Brc1ccc2c(c1)C1(c3ccccc3-c3ccccc3-2)c2ccccc2-c2cc3c(cc21)oc1ccccc13. The van der Waals surface area contributed by atoms with Crippen molar-refractivity contribution in [2.24, 2.45) is 0 Å². The van der Waals surface area contributed by atoms with E-state index < -0.39 is 5.41 Å². The van der Waals surface area contributed by atoms with E-state index in [0.29, 0.717) is 0 Å². The van der Waals surface area contributed by atoms with Crippen LogP contribution in [0.15, 0.2) is 136 Å². The van der Waals surface area contributed by atoms with Crippen LogP contribution in [0.25, 0.3) is 55.3 Å². The predicted octanol–water partition coefficient (Wildman–Crippen LogP) is 10.4. The predicted molar refractivity (Wildman–Crippen MR) is 163 cm³/mol. The van der Waals surface area contributed by atoms with Crippen LogP contribution in [0.2, 0.25) is 0 Å². The summed E-state index contributed by atoms with van der Waals surface area (Å²) >= 11 is 3.85. The fraction of sp³-hybridized carbons (Fsp3) is 0.0270. The summed E-state index contributed by atoms with van der Waals surface area (Å²) in [6, 6.07) is 46.6. The van der Waals surface area contributed by atoms with Crippen molar-refractivity contribution in [3.8, 4) is 33.4 Å². The molecule has 1 aromatic heterocycles. The highest BCUT2D eigenvalue weighted by Gasteiger charge is 2.50. The lowest BCUT2D eigenvalue weighted by atomic mass is 9.66. The van der Waals surface area contributed by atoms with Crippen molar-refractivity contribution in [1.29, 1.82) is 0 Å². The third kappa shape index (κ3) is 2.65. The van der Waals surface area contributed by atoms with E-state index in [1.807, 2.05) is 6.07 Å². The summed E-state index contributed by atoms with van der Waals surface area (Å²) in [5.74, 6) is 0. The minimum Gasteiger partial charge on any atom is -0.456 e. The summed E-state index contributed by atoms with van der Waals surface area (Å²) in [5.41, 5.74) is 14.2. The maximum atomic E-state index is 6.49. The molecule has 7 aromatic rings. The van der Waals surface area contributed by atoms with Crippen molar-refractivity contribution in [3.05, 3.63) is 154 Å². The van der Waals surface area contributed by atoms with Gasteiger partial charge in [-0.2, -0.15) is 0 Å². The van der Waals surface area contributed by atoms with Crippen LogP contribution in [0.3, 0.4) is 0 Å². The molecular weight excluding hydrogens is 540 g/mol. The van der Waals surface area contributed by atoms with Crippen LogP contribution in [0.5, 0.6) is 0 Å². The number of hydrogen-bond acceptors (Lipinski definition) is 1. The Labute approximate surface area is 234 Å². The molecule has 2 aliphatic rings. The van der Waals surface area contributed by atoms with Gasteiger partial charge in [-0.1, -0.05) is 113 Å². The molecule has 0 saturated carbocycles. The zero-order valence-corrected chi connectivity index (χ0v) is 22.5. The Morgan fingerprint density at radius 2 is 0.974 bits per heavy atom. The first-order chi connectivity index (χ1) is 19.2. The number of halogens is 1. The number of furan rings is 1. The van der Waals surface area contributed by atoms with E-state index in [-0.39, 0.29) is 0 Å². The Hall–Kier alpha value is -4.40. The van der Waals surface area contributed by atoms with Gasteiger partial charge >= 0.3 is 0 Å². The van der Waals surface area contributed by atoms with Crippen LogP contribution in [0, 0.1) is 0 Å². The zero-order valence-electron chi connectivity index (χ0n) is 20.9. The Bertz CT molecular complexity index is 2150. The second kappa shape index (κ2) is 7.59. The van der Waals surface area contributed by atoms with Crippen LogP contribution in [0.1, 0.15) is 22.3 Å². The number of rotatable bonds is 0. The highest BCUT2D eigenvalue weighted by molar-refractivity contribution is 9.10. The molecule has 0 fully saturated rings. The lowest BCUT2D eigenvalue weighted by Gasteiger charge is -2.35. The standard InChI is InChI=1S/C37H21BrO/c38-22-17-18-27-24-10-2-1-9-23(24)25-11-3-6-14-31(25)37(33(27)19-22)32-15-7-4-12-26(32)29-20-30-28-13-5-8-16-35(28)39-36(30)21-34(29)37/h1-21H. The summed E-state index contributed by atoms with van der Waals surface area (Å²) in [6.07, 6.45) is 0. The fourth-order valence-corrected chi connectivity index (χ4v) is 7.64. The summed E-state index contributed by atoms with van der Waals surface area (Å²) in [7, 11) is 0. The maximum Gasteiger partial charge on any atom is 0.135 e. The topological polar surface area (TPSA) is 13.1 Å². The molecule has 1 nitrogen and oxygen atoms in total. The lowest BCUT2D eigenvalue weighted by Crippen LogP contribution is -2.29. The lowest BCUT2D eigenvalue weighted by molar-refractivity contribution is 0.666. The van der Waals surface area contributed by atoms with Crippen molar-refractivity contribution in [2.45, 2.75) is 5.41 Å². The fourth-order valence-electron chi connectivity index (χ4n) is 7.28. The second-order valence-corrected chi connectivity index (χ2v) is 11.5. The normalized spacial score (nSPS) is 16.4. The number of fused-ring (bicyclic) bond motifs is 15. The van der Waals surface area contributed by atoms with Crippen LogP contribution >= 0.6 is 15.9 Å². The summed E-state index contributed by atoms with van der Waals surface area (Å²) in [4.78, 5) is 0. The molecule has 0 saturated heterocycles. The number of para-hydroxylation sites is 1. The Morgan fingerprint density at radius 3 is 1.72 bits per heavy atom. The van der Waals surface area contributed by atoms with E-state index in [1.165, 1.54) is 55.6 Å². The van der Waals surface area contributed by atoms with Crippen molar-refractivity contribution in [1.82, 2.24) is 0 Å². The number of benzene rings is 6. The van der Waals surface area contributed by atoms with Crippen LogP contribution < -0.4 is 0 Å². The van der Waals surface area contributed by atoms with E-state index in [9.17, 15) is 0 Å². The molecule has 39 heavy (non-hydrogen) atoms. The van der Waals surface area contributed by atoms with Gasteiger partial charge in [0, 0.05) is 15.2 Å². The van der Waals surface area contributed by atoms with Crippen molar-refractivity contribution >= 4 is 37.9 Å². The second-order valence-electron chi connectivity index (χ2n) is 10.6. The van der Waals surface area contributed by atoms with Crippen LogP contribution in [0.4, 0.5) is 0 Å². The highest BCUT2D eigenvalue weighted by atomic mass is 79.9. The first-order valence-electron chi connectivity index (χ1n) is 13.3. The zero-order chi connectivity index (χ0) is 25.7. The van der Waals surface area contributed by atoms with Gasteiger partial charge in [-0.15, -0.1) is 0 Å². The smallest absolute Gasteiger partial charge is 0.135 e. The molecule has 1 heterocycles. The Balaban J connectivity index is 1.54. The Kier molecular flexibility index (Phi) is 4.19. The molecule has 1 atom stereocenters. The molecule has 9 rings (SSSR count). The van der Waals surface area contributed by atoms with Gasteiger partial charge in [-0.25, -0.2) is 0 Å². The van der Waals surface area contributed by atoms with E-state index in [4.69, 9.17) is 4.42 Å². The maximum absolute atomic E-state index is 6.49. The van der Waals surface area contributed by atoms with Crippen molar-refractivity contribution in [3.63, 3.8) is 0 Å². The monoisotopic (exact) mass is 560 g/mol.